The fourth-order valence-electron chi connectivity index (χ4n) is 1.34. The maximum Gasteiger partial charge on any atom is 0.0701 e. The van der Waals surface area contributed by atoms with Gasteiger partial charge < -0.3 is 29.2 Å². The Morgan fingerprint density at radius 3 is 1.20 bits per heavy atom. The molecule has 154 valence electrons. The molecule has 0 N–H and O–H groups in total. The molecule has 0 fully saturated rings. The van der Waals surface area contributed by atoms with Crippen LogP contribution in [0.5, 0.6) is 0 Å². The maximum absolute atomic E-state index is 8.25. The Morgan fingerprint density at radius 2 is 0.920 bits per heavy atom. The Morgan fingerprint density at radius 1 is 0.600 bits per heavy atom. The van der Waals surface area contributed by atoms with Crippen LogP contribution in [0.2, 0.25) is 8.87 Å². The second-order valence-corrected chi connectivity index (χ2v) is 8.95. The van der Waals surface area contributed by atoms with Gasteiger partial charge in [-0.05, 0) is 0 Å². The fourth-order valence-corrected chi connectivity index (χ4v) is 5.49. The van der Waals surface area contributed by atoms with Gasteiger partial charge in [0.15, 0.2) is 0 Å². The number of hydrogen-bond donors (Lipinski definition) is 0. The van der Waals surface area contributed by atoms with E-state index in [1.165, 1.54) is 25.7 Å². The Kier molecular flexibility index (Phi) is 58.7. The Balaban J connectivity index is -0.000000150. The molecule has 0 aliphatic rings. The molecule has 0 radical (unpaired) electrons. The molecule has 7 heteroatoms. The van der Waals surface area contributed by atoms with Crippen molar-refractivity contribution in [2.75, 3.05) is 68.1 Å². The Hall–Kier alpha value is 0.559. The van der Waals surface area contributed by atoms with Gasteiger partial charge in [0.2, 0.25) is 0 Å². The third-order valence-corrected chi connectivity index (χ3v) is 6.69. The molecule has 25 heavy (non-hydrogen) atoms. The molecule has 0 aromatic rings. The van der Waals surface area contributed by atoms with Crippen molar-refractivity contribution >= 4 is 21.1 Å². The normalized spacial score (nSPS) is 8.80. The van der Waals surface area contributed by atoms with Crippen LogP contribution in [-0.2, 0) is 18.9 Å². The summed E-state index contributed by atoms with van der Waals surface area (Å²) in [6.45, 7) is 8.35. The third-order valence-electron chi connectivity index (χ3n) is 2.65. The van der Waals surface area contributed by atoms with Crippen LogP contribution in [0.1, 0.15) is 39.5 Å². The monoisotopic (exact) mass is 474 g/mol. The van der Waals surface area contributed by atoms with E-state index in [0.717, 1.165) is 14.2 Å². The summed E-state index contributed by atoms with van der Waals surface area (Å²) in [6.07, 6.45) is 5.84. The minimum absolute atomic E-state index is 0.149. The van der Waals surface area contributed by atoms with Crippen LogP contribution >= 0.6 is 0 Å². The predicted octanol–water partition coefficient (Wildman–Crippen LogP) is 1.39. The molecule has 6 nitrogen and oxygen atoms in total. The largest absolute Gasteiger partial charge is 0.857 e. The van der Waals surface area contributed by atoms with Gasteiger partial charge in [-0.3, -0.25) is 0 Å². The Labute approximate surface area is 166 Å². The van der Waals surface area contributed by atoms with Crippen LogP contribution < -0.4 is 10.2 Å². The van der Waals surface area contributed by atoms with E-state index in [1.54, 1.807) is 23.1 Å². The summed E-state index contributed by atoms with van der Waals surface area (Å²) >= 11 is 0.149. The van der Waals surface area contributed by atoms with E-state index in [4.69, 9.17) is 29.2 Å². The zero-order valence-corrected chi connectivity index (χ0v) is 20.3. The molecule has 0 aliphatic heterocycles. The molecule has 0 spiro atoms. The van der Waals surface area contributed by atoms with E-state index in [0.29, 0.717) is 39.6 Å². The first-order valence-electron chi connectivity index (χ1n) is 8.99. The predicted molar refractivity (Wildman–Crippen MR) is 102 cm³/mol. The molecule has 0 atom stereocenters. The van der Waals surface area contributed by atoms with Crippen LogP contribution in [-0.4, -0.2) is 89.2 Å². The van der Waals surface area contributed by atoms with Crippen molar-refractivity contribution in [3.8, 4) is 0 Å². The summed E-state index contributed by atoms with van der Waals surface area (Å²) in [5.74, 6) is 0. The molecule has 0 saturated carbocycles. The van der Waals surface area contributed by atoms with Gasteiger partial charge in [-0.1, -0.05) is 0 Å². The molecule has 0 heterocycles. The van der Waals surface area contributed by atoms with Gasteiger partial charge in [-0.25, -0.2) is 0 Å². The van der Waals surface area contributed by atoms with Crippen molar-refractivity contribution < 1.29 is 29.2 Å². The second kappa shape index (κ2) is 44.2. The Bertz CT molecular complexity index is 149. The zero-order chi connectivity index (χ0) is 20.0. The first-order valence-corrected chi connectivity index (χ1v) is 13.0. The molecule has 0 bridgehead atoms. The third kappa shape index (κ3) is 51.6. The molecule has 0 aromatic carbocycles. The van der Waals surface area contributed by atoms with Crippen LogP contribution in [0.15, 0.2) is 0 Å². The van der Waals surface area contributed by atoms with Gasteiger partial charge in [0, 0.05) is 14.2 Å². The minimum Gasteiger partial charge on any atom is -0.857 e. The smallest absolute Gasteiger partial charge is 0.0701 e. The van der Waals surface area contributed by atoms with E-state index in [1.807, 2.05) is 0 Å². The summed E-state index contributed by atoms with van der Waals surface area (Å²) in [6, 6.07) is 0. The van der Waals surface area contributed by atoms with Crippen LogP contribution in [0.4, 0.5) is 0 Å². The van der Waals surface area contributed by atoms with E-state index in [9.17, 15) is 0 Å². The number of ether oxygens (including phenoxy) is 4. The minimum atomic E-state index is 0.149. The number of rotatable bonds is 15. The van der Waals surface area contributed by atoms with Crippen molar-refractivity contribution in [3.63, 3.8) is 0 Å². The van der Waals surface area contributed by atoms with Crippen molar-refractivity contribution in [3.05, 3.63) is 0 Å². The molecule has 0 aliphatic carbocycles. The summed E-state index contributed by atoms with van der Waals surface area (Å²) in [5.41, 5.74) is 0. The standard InChI is InChI=1S/C8H18O4.2C4H9.2CH3O.Sn/c1-9-3-5-11-7-8-12-6-4-10-2;2*1-3-4-2;2*1-2;/h3-8H2,1-2H3;2*1,3-4H2,2H3;2*1H3;/q;;;2*-1;+2. The van der Waals surface area contributed by atoms with E-state index in [-0.39, 0.29) is 21.1 Å². The molecule has 0 saturated heterocycles. The first-order chi connectivity index (χ1) is 12.3. The van der Waals surface area contributed by atoms with E-state index >= 15 is 0 Å². The van der Waals surface area contributed by atoms with Crippen LogP contribution in [0, 0.1) is 0 Å². The van der Waals surface area contributed by atoms with E-state index < -0.39 is 0 Å². The van der Waals surface area contributed by atoms with Crippen LogP contribution in [0.25, 0.3) is 0 Å². The quantitative estimate of drug-likeness (QED) is 0.264. The van der Waals surface area contributed by atoms with Gasteiger partial charge in [0.25, 0.3) is 0 Å². The molecule has 0 amide bonds. The number of hydrogen-bond acceptors (Lipinski definition) is 6. The second-order valence-electron chi connectivity index (χ2n) is 4.67. The molecular formula is C18H42O6Sn. The van der Waals surface area contributed by atoms with Gasteiger partial charge in [-0.2, -0.15) is 14.2 Å². The molecule has 0 unspecified atom stereocenters. The number of methoxy groups -OCH3 is 2. The van der Waals surface area contributed by atoms with Crippen molar-refractivity contribution in [2.24, 2.45) is 0 Å². The van der Waals surface area contributed by atoms with Crippen molar-refractivity contribution in [2.45, 2.75) is 48.4 Å². The topological polar surface area (TPSA) is 83.0 Å². The van der Waals surface area contributed by atoms with Crippen molar-refractivity contribution in [1.29, 1.82) is 0 Å². The number of unbranched alkanes of at least 4 members (excludes halogenated alkanes) is 2. The first kappa shape index (κ1) is 33.2. The summed E-state index contributed by atoms with van der Waals surface area (Å²) in [5, 5.41) is 16.5. The van der Waals surface area contributed by atoms with Gasteiger partial charge in [-0.15, -0.1) is 0 Å². The van der Waals surface area contributed by atoms with Crippen LogP contribution in [0.3, 0.4) is 0 Å². The molecular weight excluding hydrogens is 431 g/mol. The summed E-state index contributed by atoms with van der Waals surface area (Å²) in [4.78, 5) is 0. The van der Waals surface area contributed by atoms with Gasteiger partial charge >= 0.3 is 69.5 Å². The molecule has 0 rings (SSSR count). The average Bonchev–Trinajstić information content (AvgIpc) is 2.68. The molecule has 0 aromatic heterocycles. The fraction of sp³-hybridized carbons (Fsp3) is 1.00. The summed E-state index contributed by atoms with van der Waals surface area (Å²) < 4.78 is 23.2. The van der Waals surface area contributed by atoms with Crippen molar-refractivity contribution in [1.82, 2.24) is 0 Å². The van der Waals surface area contributed by atoms with Gasteiger partial charge in [0.1, 0.15) is 0 Å². The average molecular weight is 473 g/mol. The maximum atomic E-state index is 8.25. The SMILES string of the molecule is CCC[CH2][Sn+2][CH2]CCC.COCCOCCOCCOC.C[O-].C[O-]. The van der Waals surface area contributed by atoms with Gasteiger partial charge in [0.05, 0.1) is 39.6 Å². The summed E-state index contributed by atoms with van der Waals surface area (Å²) in [7, 11) is 4.80. The van der Waals surface area contributed by atoms with E-state index in [2.05, 4.69) is 13.8 Å². The zero-order valence-electron chi connectivity index (χ0n) is 17.4.